The number of aromatic hydroxyl groups is 2. The predicted molar refractivity (Wildman–Crippen MR) is 158 cm³/mol. The van der Waals surface area contributed by atoms with Crippen LogP contribution in [0.1, 0.15) is 47.7 Å². The van der Waals surface area contributed by atoms with Crippen molar-refractivity contribution in [3.8, 4) is 11.5 Å². The summed E-state index contributed by atoms with van der Waals surface area (Å²) in [6.45, 7) is 6.13. The van der Waals surface area contributed by atoms with Crippen LogP contribution in [0.2, 0.25) is 0 Å². The van der Waals surface area contributed by atoms with E-state index >= 15 is 0 Å². The number of nitrogens with one attached hydrogen (secondary N) is 1. The van der Waals surface area contributed by atoms with Gasteiger partial charge in [-0.15, -0.1) is 0 Å². The predicted octanol–water partition coefficient (Wildman–Crippen LogP) is 7.34. The molecule has 4 aromatic carbocycles. The lowest BCUT2D eigenvalue weighted by atomic mass is 9.84. The summed E-state index contributed by atoms with van der Waals surface area (Å²) >= 11 is 0. The van der Waals surface area contributed by atoms with Crippen molar-refractivity contribution in [1.29, 1.82) is 0 Å². The molecule has 5 rings (SSSR count). The van der Waals surface area contributed by atoms with Gasteiger partial charge in [-0.25, -0.2) is 4.79 Å². The van der Waals surface area contributed by atoms with Gasteiger partial charge < -0.3 is 25.2 Å². The van der Waals surface area contributed by atoms with Crippen molar-refractivity contribution in [3.05, 3.63) is 131 Å². The highest BCUT2D eigenvalue weighted by Gasteiger charge is 2.41. The molecule has 1 aliphatic rings. The smallest absolute Gasteiger partial charge is 0.338 e. The minimum Gasteiger partial charge on any atom is -0.508 e. The van der Waals surface area contributed by atoms with E-state index in [-0.39, 0.29) is 24.1 Å². The number of phenols is 2. The summed E-state index contributed by atoms with van der Waals surface area (Å²) < 4.78 is 5.66. The molecule has 0 bridgehead atoms. The minimum absolute atomic E-state index is 0.149. The first-order valence-electron chi connectivity index (χ1n) is 13.5. The Balaban J connectivity index is 1.77. The molecule has 0 saturated carbocycles. The summed E-state index contributed by atoms with van der Waals surface area (Å²) in [6.07, 6.45) is 0.495. The molecule has 204 valence electrons. The summed E-state index contributed by atoms with van der Waals surface area (Å²) in [4.78, 5) is 16.0. The molecular weight excluding hydrogens is 500 g/mol. The summed E-state index contributed by atoms with van der Waals surface area (Å²) in [7, 11) is 0. The van der Waals surface area contributed by atoms with E-state index in [0.717, 1.165) is 39.3 Å². The van der Waals surface area contributed by atoms with Crippen molar-refractivity contribution in [1.82, 2.24) is 0 Å². The number of carbonyl (C=O) groups is 1. The number of anilines is 2. The normalized spacial score (nSPS) is 17.0. The Morgan fingerprint density at radius 2 is 1.32 bits per heavy atom. The average Bonchev–Trinajstić information content (AvgIpc) is 2.95. The molecule has 1 heterocycles. The lowest BCUT2D eigenvalue weighted by molar-refractivity contribution is -0.139. The third kappa shape index (κ3) is 5.66. The largest absolute Gasteiger partial charge is 0.508 e. The second kappa shape index (κ2) is 11.6. The maximum Gasteiger partial charge on any atom is 0.338 e. The van der Waals surface area contributed by atoms with Crippen LogP contribution in [-0.4, -0.2) is 22.8 Å². The van der Waals surface area contributed by atoms with Gasteiger partial charge in [-0.1, -0.05) is 59.7 Å². The fourth-order valence-electron chi connectivity index (χ4n) is 5.26. The number of ether oxygens (including phenoxy) is 1. The van der Waals surface area contributed by atoms with Crippen LogP contribution >= 0.6 is 0 Å². The molecule has 40 heavy (non-hydrogen) atoms. The van der Waals surface area contributed by atoms with Crippen LogP contribution in [0, 0.1) is 13.8 Å². The second-order valence-electron chi connectivity index (χ2n) is 10.2. The quantitative estimate of drug-likeness (QED) is 0.215. The average molecular weight is 535 g/mol. The number of benzene rings is 4. The van der Waals surface area contributed by atoms with E-state index in [9.17, 15) is 15.0 Å². The number of aryl methyl sites for hydroxylation is 2. The molecule has 2 atom stereocenters. The van der Waals surface area contributed by atoms with E-state index in [1.165, 1.54) is 0 Å². The van der Waals surface area contributed by atoms with E-state index < -0.39 is 12.0 Å². The molecule has 0 aliphatic carbocycles. The zero-order valence-electron chi connectivity index (χ0n) is 23.0. The molecular formula is C34H34N2O4. The first kappa shape index (κ1) is 26.9. The lowest BCUT2D eigenvalue weighted by Crippen LogP contribution is -2.41. The third-order valence-corrected chi connectivity index (χ3v) is 7.27. The number of phenolic OH excluding ortho intramolecular Hbond substituents is 2. The molecule has 0 spiro atoms. The number of hydrogen-bond donors (Lipinski definition) is 3. The van der Waals surface area contributed by atoms with Crippen LogP contribution in [-0.2, 0) is 9.53 Å². The molecule has 3 N–H and O–H groups in total. The van der Waals surface area contributed by atoms with Gasteiger partial charge in [-0.3, -0.25) is 0 Å². The molecule has 0 amide bonds. The third-order valence-electron chi connectivity index (χ3n) is 7.27. The van der Waals surface area contributed by atoms with E-state index in [0.29, 0.717) is 12.0 Å². The van der Waals surface area contributed by atoms with E-state index in [4.69, 9.17) is 4.74 Å². The van der Waals surface area contributed by atoms with Gasteiger partial charge >= 0.3 is 5.97 Å². The molecule has 6 heteroatoms. The minimum atomic E-state index is -0.525. The molecule has 0 radical (unpaired) electrons. The maximum atomic E-state index is 13.8. The zero-order valence-corrected chi connectivity index (χ0v) is 23.0. The molecule has 0 fully saturated rings. The standard InChI is InChI=1S/C34H34N2O4/c1-4-40-34(39)32-30(35-26-13-5-22(2)6-14-26)21-31(24-9-17-28(37)18-10-24)36(27-15-7-23(3)8-16-27)33(32)25-11-19-29(38)20-12-25/h5-20,31,33,35,37-38H,4,21H2,1-3H3. The lowest BCUT2D eigenvalue weighted by Gasteiger charge is -2.46. The molecule has 2 unspecified atom stereocenters. The van der Waals surface area contributed by atoms with Gasteiger partial charge in [0.15, 0.2) is 0 Å². The number of carbonyl (C=O) groups excluding carboxylic acids is 1. The number of esters is 1. The first-order chi connectivity index (χ1) is 19.3. The molecule has 0 saturated heterocycles. The summed E-state index contributed by atoms with van der Waals surface area (Å²) in [5, 5.41) is 23.7. The topological polar surface area (TPSA) is 82.0 Å². The van der Waals surface area contributed by atoms with Gasteiger partial charge in [-0.05, 0) is 80.4 Å². The van der Waals surface area contributed by atoms with Crippen LogP contribution in [0.5, 0.6) is 11.5 Å². The van der Waals surface area contributed by atoms with Crippen LogP contribution in [0.15, 0.2) is 108 Å². The number of rotatable bonds is 7. The molecule has 1 aliphatic heterocycles. The molecule has 0 aromatic heterocycles. The van der Waals surface area contributed by atoms with E-state index in [2.05, 4.69) is 34.5 Å². The Labute approximate surface area is 235 Å². The van der Waals surface area contributed by atoms with Crippen molar-refractivity contribution >= 4 is 17.3 Å². The highest BCUT2D eigenvalue weighted by molar-refractivity contribution is 5.93. The van der Waals surface area contributed by atoms with Crippen LogP contribution in [0.4, 0.5) is 11.4 Å². The first-order valence-corrected chi connectivity index (χ1v) is 13.5. The van der Waals surface area contributed by atoms with Crippen LogP contribution < -0.4 is 10.2 Å². The Morgan fingerprint density at radius 1 is 0.800 bits per heavy atom. The van der Waals surface area contributed by atoms with E-state index in [1.54, 1.807) is 31.2 Å². The van der Waals surface area contributed by atoms with Gasteiger partial charge in [0.25, 0.3) is 0 Å². The summed E-state index contributed by atoms with van der Waals surface area (Å²) in [5.74, 6) is -0.0510. The monoisotopic (exact) mass is 534 g/mol. The summed E-state index contributed by atoms with van der Waals surface area (Å²) in [6, 6.07) is 29.8. The SMILES string of the molecule is CCOC(=O)C1=C(Nc2ccc(C)cc2)CC(c2ccc(O)cc2)N(c2ccc(C)cc2)C1c1ccc(O)cc1. The maximum absolute atomic E-state index is 13.8. The van der Waals surface area contributed by atoms with Crippen molar-refractivity contribution in [2.75, 3.05) is 16.8 Å². The Bertz CT molecular complexity index is 1490. The highest BCUT2D eigenvalue weighted by Crippen LogP contribution is 2.48. The van der Waals surface area contributed by atoms with Gasteiger partial charge in [-0.2, -0.15) is 0 Å². The Hall–Kier alpha value is -4.71. The Morgan fingerprint density at radius 3 is 1.88 bits per heavy atom. The fraction of sp³-hybridized carbons (Fsp3) is 0.206. The fourth-order valence-corrected chi connectivity index (χ4v) is 5.26. The highest BCUT2D eigenvalue weighted by atomic mass is 16.5. The van der Waals surface area contributed by atoms with Gasteiger partial charge in [0.1, 0.15) is 11.5 Å². The molecule has 4 aromatic rings. The van der Waals surface area contributed by atoms with Crippen LogP contribution in [0.25, 0.3) is 0 Å². The van der Waals surface area contributed by atoms with Gasteiger partial charge in [0, 0.05) is 23.5 Å². The van der Waals surface area contributed by atoms with E-state index in [1.807, 2.05) is 62.4 Å². The van der Waals surface area contributed by atoms with Crippen molar-refractivity contribution < 1.29 is 19.7 Å². The number of hydrogen-bond acceptors (Lipinski definition) is 6. The van der Waals surface area contributed by atoms with Crippen LogP contribution in [0.3, 0.4) is 0 Å². The van der Waals surface area contributed by atoms with Crippen molar-refractivity contribution in [2.24, 2.45) is 0 Å². The van der Waals surface area contributed by atoms with Crippen molar-refractivity contribution in [3.63, 3.8) is 0 Å². The summed E-state index contributed by atoms with van der Waals surface area (Å²) in [5.41, 5.74) is 7.21. The Kier molecular flexibility index (Phi) is 7.78. The molecule has 6 nitrogen and oxygen atoms in total. The van der Waals surface area contributed by atoms with Crippen molar-refractivity contribution in [2.45, 2.75) is 39.3 Å². The van der Waals surface area contributed by atoms with Gasteiger partial charge in [0.05, 0.1) is 24.3 Å². The second-order valence-corrected chi connectivity index (χ2v) is 10.2. The van der Waals surface area contributed by atoms with Gasteiger partial charge in [0.2, 0.25) is 0 Å². The zero-order chi connectivity index (χ0) is 28.2. The number of nitrogens with zero attached hydrogens (tertiary/aromatic N) is 1.